The molecule has 0 spiro atoms. The Kier molecular flexibility index (Phi) is 6.46. The average Bonchev–Trinajstić information content (AvgIpc) is 2.65. The van der Waals surface area contributed by atoms with Crippen molar-refractivity contribution in [1.29, 1.82) is 0 Å². The molecule has 4 heteroatoms. The summed E-state index contributed by atoms with van der Waals surface area (Å²) in [6, 6.07) is 1.92. The van der Waals surface area contributed by atoms with E-state index in [-0.39, 0.29) is 11.8 Å². The van der Waals surface area contributed by atoms with Crippen LogP contribution in [0.5, 0.6) is 0 Å². The first kappa shape index (κ1) is 14.7. The Morgan fingerprint density at radius 3 is 2.44 bits per heavy atom. The van der Waals surface area contributed by atoms with Gasteiger partial charge in [-0.15, -0.1) is 0 Å². The predicted molar refractivity (Wildman–Crippen MR) is 65.9 cm³/mol. The molecular weight excluding hydrogens is 202 g/mol. The third-order valence-corrected chi connectivity index (χ3v) is 2.04. The van der Waals surface area contributed by atoms with Crippen molar-refractivity contribution in [3.63, 3.8) is 0 Å². The molecule has 0 N–H and O–H groups in total. The van der Waals surface area contributed by atoms with Gasteiger partial charge in [-0.1, -0.05) is 27.7 Å². The first-order chi connectivity index (χ1) is 7.50. The fourth-order valence-electron chi connectivity index (χ4n) is 1.31. The smallest absolute Gasteiger partial charge is 0.225 e. The van der Waals surface area contributed by atoms with E-state index in [9.17, 15) is 4.79 Å². The molecule has 0 saturated heterocycles. The molecule has 92 valence electrons. The van der Waals surface area contributed by atoms with E-state index in [0.717, 1.165) is 5.69 Å². The highest BCUT2D eigenvalue weighted by molar-refractivity contribution is 5.77. The van der Waals surface area contributed by atoms with Crippen LogP contribution in [0, 0.1) is 5.92 Å². The summed E-state index contributed by atoms with van der Waals surface area (Å²) in [4.78, 5) is 13.2. The van der Waals surface area contributed by atoms with Crippen LogP contribution in [0.15, 0.2) is 12.3 Å². The van der Waals surface area contributed by atoms with Gasteiger partial charge in [-0.3, -0.25) is 9.48 Å². The predicted octanol–water partition coefficient (Wildman–Crippen LogP) is 2.06. The van der Waals surface area contributed by atoms with Gasteiger partial charge in [0.15, 0.2) is 0 Å². The maximum absolute atomic E-state index is 11.5. The number of hydrogen-bond acceptors (Lipinski definition) is 2. The van der Waals surface area contributed by atoms with Gasteiger partial charge in [0.2, 0.25) is 5.91 Å². The summed E-state index contributed by atoms with van der Waals surface area (Å²) in [5, 5.41) is 4.22. The van der Waals surface area contributed by atoms with E-state index in [1.165, 1.54) is 0 Å². The van der Waals surface area contributed by atoms with Gasteiger partial charge in [-0.05, 0) is 6.07 Å². The van der Waals surface area contributed by atoms with Gasteiger partial charge in [-0.2, -0.15) is 5.10 Å². The largest absolute Gasteiger partial charge is 0.340 e. The molecule has 1 aromatic rings. The normalized spacial score (nSPS) is 9.69. The van der Waals surface area contributed by atoms with E-state index >= 15 is 0 Å². The molecule has 1 aromatic heterocycles. The molecule has 1 amide bonds. The van der Waals surface area contributed by atoms with Crippen molar-refractivity contribution in [3.8, 4) is 0 Å². The Hall–Kier alpha value is -1.32. The zero-order valence-corrected chi connectivity index (χ0v) is 11.2. The molecule has 1 rings (SSSR count). The standard InChI is InChI=1S/C10H17N3O.C2H6/c1-8(2)10(14)12(3)7-9-5-6-13(4)11-9;1-2/h5-6,8H,7H2,1-4H3;1-2H3. The zero-order valence-electron chi connectivity index (χ0n) is 11.2. The molecule has 0 fully saturated rings. The lowest BCUT2D eigenvalue weighted by Crippen LogP contribution is -2.30. The van der Waals surface area contributed by atoms with Gasteiger partial charge in [0.25, 0.3) is 0 Å². The van der Waals surface area contributed by atoms with Crippen molar-refractivity contribution in [2.45, 2.75) is 34.2 Å². The van der Waals surface area contributed by atoms with Crippen molar-refractivity contribution in [2.75, 3.05) is 7.05 Å². The highest BCUT2D eigenvalue weighted by Crippen LogP contribution is 2.04. The van der Waals surface area contributed by atoms with Gasteiger partial charge in [0.1, 0.15) is 0 Å². The molecule has 0 aliphatic heterocycles. The minimum atomic E-state index is 0.0451. The lowest BCUT2D eigenvalue weighted by Gasteiger charge is -2.17. The van der Waals surface area contributed by atoms with Crippen molar-refractivity contribution < 1.29 is 4.79 Å². The molecule has 0 aliphatic carbocycles. The molecular formula is C12H23N3O. The van der Waals surface area contributed by atoms with Gasteiger partial charge in [-0.25, -0.2) is 0 Å². The maximum atomic E-state index is 11.5. The van der Waals surface area contributed by atoms with Crippen LogP contribution in [-0.4, -0.2) is 27.6 Å². The monoisotopic (exact) mass is 225 g/mol. The average molecular weight is 225 g/mol. The zero-order chi connectivity index (χ0) is 12.7. The van der Waals surface area contributed by atoms with Gasteiger partial charge >= 0.3 is 0 Å². The maximum Gasteiger partial charge on any atom is 0.225 e. The molecule has 1 heterocycles. The lowest BCUT2D eigenvalue weighted by atomic mass is 10.2. The van der Waals surface area contributed by atoms with Crippen molar-refractivity contribution >= 4 is 5.91 Å². The molecule has 0 radical (unpaired) electrons. The molecule has 0 aliphatic rings. The Balaban J connectivity index is 0.00000106. The van der Waals surface area contributed by atoms with Crippen LogP contribution in [0.1, 0.15) is 33.4 Å². The van der Waals surface area contributed by atoms with E-state index < -0.39 is 0 Å². The number of aromatic nitrogens is 2. The van der Waals surface area contributed by atoms with Crippen molar-refractivity contribution in [2.24, 2.45) is 13.0 Å². The van der Waals surface area contributed by atoms with Crippen molar-refractivity contribution in [1.82, 2.24) is 14.7 Å². The summed E-state index contributed by atoms with van der Waals surface area (Å²) < 4.78 is 1.74. The molecule has 0 atom stereocenters. The summed E-state index contributed by atoms with van der Waals surface area (Å²) in [7, 11) is 3.67. The number of carbonyl (C=O) groups is 1. The summed E-state index contributed by atoms with van der Waals surface area (Å²) in [6.45, 7) is 8.38. The second-order valence-corrected chi connectivity index (χ2v) is 3.83. The molecule has 0 saturated carbocycles. The third kappa shape index (κ3) is 4.47. The number of hydrogen-bond donors (Lipinski definition) is 0. The second kappa shape index (κ2) is 7.04. The van der Waals surface area contributed by atoms with Gasteiger partial charge < -0.3 is 4.90 Å². The Morgan fingerprint density at radius 1 is 1.50 bits per heavy atom. The number of rotatable bonds is 3. The number of carbonyl (C=O) groups excluding carboxylic acids is 1. The molecule has 4 nitrogen and oxygen atoms in total. The van der Waals surface area contributed by atoms with Crippen LogP contribution in [0.4, 0.5) is 0 Å². The van der Waals surface area contributed by atoms with E-state index in [1.807, 2.05) is 47.0 Å². The highest BCUT2D eigenvalue weighted by atomic mass is 16.2. The van der Waals surface area contributed by atoms with Crippen LogP contribution in [0.3, 0.4) is 0 Å². The van der Waals surface area contributed by atoms with E-state index in [0.29, 0.717) is 6.54 Å². The minimum absolute atomic E-state index is 0.0451. The quantitative estimate of drug-likeness (QED) is 0.789. The number of amides is 1. The van der Waals surface area contributed by atoms with Crippen LogP contribution in [0.25, 0.3) is 0 Å². The lowest BCUT2D eigenvalue weighted by molar-refractivity contribution is -0.133. The summed E-state index contributed by atoms with van der Waals surface area (Å²) >= 11 is 0. The van der Waals surface area contributed by atoms with Crippen molar-refractivity contribution in [3.05, 3.63) is 18.0 Å². The number of aryl methyl sites for hydroxylation is 1. The molecule has 16 heavy (non-hydrogen) atoms. The number of nitrogens with zero attached hydrogens (tertiary/aromatic N) is 3. The fraction of sp³-hybridized carbons (Fsp3) is 0.667. The van der Waals surface area contributed by atoms with Gasteiger partial charge in [0.05, 0.1) is 12.2 Å². The topological polar surface area (TPSA) is 38.1 Å². The molecule has 0 bridgehead atoms. The first-order valence-corrected chi connectivity index (χ1v) is 5.74. The fourth-order valence-corrected chi connectivity index (χ4v) is 1.31. The van der Waals surface area contributed by atoms with Crippen LogP contribution >= 0.6 is 0 Å². The minimum Gasteiger partial charge on any atom is -0.340 e. The Morgan fingerprint density at radius 2 is 2.06 bits per heavy atom. The van der Waals surface area contributed by atoms with Crippen LogP contribution < -0.4 is 0 Å². The SMILES string of the molecule is CC.CC(C)C(=O)N(C)Cc1ccn(C)n1. The Bertz CT molecular complexity index is 318. The van der Waals surface area contributed by atoms with Crippen LogP contribution in [-0.2, 0) is 18.4 Å². The van der Waals surface area contributed by atoms with E-state index in [2.05, 4.69) is 5.10 Å². The highest BCUT2D eigenvalue weighted by Gasteiger charge is 2.13. The summed E-state index contributed by atoms with van der Waals surface area (Å²) in [6.07, 6.45) is 1.88. The molecule has 0 unspecified atom stereocenters. The van der Waals surface area contributed by atoms with Crippen LogP contribution in [0.2, 0.25) is 0 Å². The summed E-state index contributed by atoms with van der Waals surface area (Å²) in [5.74, 6) is 0.194. The van der Waals surface area contributed by atoms with Gasteiger partial charge in [0, 0.05) is 26.2 Å². The Labute approximate surface area is 98.3 Å². The summed E-state index contributed by atoms with van der Waals surface area (Å²) in [5.41, 5.74) is 0.920. The third-order valence-electron chi connectivity index (χ3n) is 2.04. The first-order valence-electron chi connectivity index (χ1n) is 5.74. The van der Waals surface area contributed by atoms with E-state index in [1.54, 1.807) is 16.6 Å². The van der Waals surface area contributed by atoms with E-state index in [4.69, 9.17) is 0 Å². The second-order valence-electron chi connectivity index (χ2n) is 3.83. The molecule has 0 aromatic carbocycles.